The summed E-state index contributed by atoms with van der Waals surface area (Å²) in [4.78, 5) is 0.942. The molecule has 1 aromatic heterocycles. The Morgan fingerprint density at radius 3 is 2.79 bits per heavy atom. The molecule has 1 unspecified atom stereocenters. The Balaban J connectivity index is 2.20. The first kappa shape index (κ1) is 14.6. The third kappa shape index (κ3) is 3.59. The Morgan fingerprint density at radius 1 is 1.37 bits per heavy atom. The standard InChI is InChI=1S/C15H17BrO2S/c1-3-7-18-12-6-4-5-11(9-12)14(17)13-8-10(2)15(16)19-13/h4-6,8-9,14,17H,3,7H2,1-2H3. The summed E-state index contributed by atoms with van der Waals surface area (Å²) < 4.78 is 6.66. The van der Waals surface area contributed by atoms with E-state index in [4.69, 9.17) is 4.74 Å². The average Bonchev–Trinajstić information content (AvgIpc) is 2.76. The maximum Gasteiger partial charge on any atom is 0.119 e. The van der Waals surface area contributed by atoms with Crippen molar-refractivity contribution >= 4 is 27.3 Å². The molecule has 1 aromatic carbocycles. The molecule has 1 heterocycles. The summed E-state index contributed by atoms with van der Waals surface area (Å²) in [6, 6.07) is 9.68. The summed E-state index contributed by atoms with van der Waals surface area (Å²) in [7, 11) is 0. The molecule has 102 valence electrons. The lowest BCUT2D eigenvalue weighted by Gasteiger charge is -2.11. The van der Waals surface area contributed by atoms with Gasteiger partial charge >= 0.3 is 0 Å². The van der Waals surface area contributed by atoms with Crippen molar-refractivity contribution in [3.05, 3.63) is 50.1 Å². The molecule has 0 saturated heterocycles. The lowest BCUT2D eigenvalue weighted by molar-refractivity contribution is 0.223. The normalized spacial score (nSPS) is 12.4. The highest BCUT2D eigenvalue weighted by Gasteiger charge is 2.15. The fraction of sp³-hybridized carbons (Fsp3) is 0.333. The predicted octanol–water partition coefficient (Wildman–Crippen LogP) is 4.69. The second-order valence-electron chi connectivity index (χ2n) is 4.43. The van der Waals surface area contributed by atoms with Crippen LogP contribution in [0.5, 0.6) is 5.75 Å². The van der Waals surface area contributed by atoms with Gasteiger partial charge in [-0.2, -0.15) is 0 Å². The van der Waals surface area contributed by atoms with Crippen molar-refractivity contribution in [1.82, 2.24) is 0 Å². The summed E-state index contributed by atoms with van der Waals surface area (Å²) in [5.74, 6) is 0.811. The number of rotatable bonds is 5. The molecule has 1 atom stereocenters. The van der Waals surface area contributed by atoms with Crippen LogP contribution in [-0.2, 0) is 0 Å². The van der Waals surface area contributed by atoms with Crippen molar-refractivity contribution in [2.75, 3.05) is 6.61 Å². The monoisotopic (exact) mass is 340 g/mol. The molecule has 4 heteroatoms. The Hall–Kier alpha value is -0.840. The van der Waals surface area contributed by atoms with Crippen molar-refractivity contribution in [2.24, 2.45) is 0 Å². The van der Waals surface area contributed by atoms with Crippen molar-refractivity contribution in [3.63, 3.8) is 0 Å². The smallest absolute Gasteiger partial charge is 0.119 e. The lowest BCUT2D eigenvalue weighted by Crippen LogP contribution is -1.99. The van der Waals surface area contributed by atoms with Crippen LogP contribution in [0.15, 0.2) is 34.1 Å². The van der Waals surface area contributed by atoms with E-state index in [2.05, 4.69) is 22.9 Å². The van der Waals surface area contributed by atoms with Gasteiger partial charge in [0.05, 0.1) is 10.4 Å². The van der Waals surface area contributed by atoms with Crippen LogP contribution < -0.4 is 4.74 Å². The van der Waals surface area contributed by atoms with E-state index in [1.165, 1.54) is 0 Å². The molecule has 19 heavy (non-hydrogen) atoms. The molecule has 2 rings (SSSR count). The fourth-order valence-electron chi connectivity index (χ4n) is 1.78. The molecule has 0 radical (unpaired) electrons. The largest absolute Gasteiger partial charge is 0.494 e. The van der Waals surface area contributed by atoms with E-state index in [1.807, 2.05) is 37.3 Å². The van der Waals surface area contributed by atoms with Gasteiger partial charge in [-0.1, -0.05) is 19.1 Å². The zero-order valence-corrected chi connectivity index (χ0v) is 13.4. The van der Waals surface area contributed by atoms with E-state index in [0.29, 0.717) is 6.61 Å². The minimum atomic E-state index is -0.597. The van der Waals surface area contributed by atoms with E-state index >= 15 is 0 Å². The van der Waals surface area contributed by atoms with Gasteiger partial charge in [0.25, 0.3) is 0 Å². The number of hydrogen-bond donors (Lipinski definition) is 1. The quantitative estimate of drug-likeness (QED) is 0.855. The van der Waals surface area contributed by atoms with Gasteiger partial charge in [-0.15, -0.1) is 11.3 Å². The maximum atomic E-state index is 10.4. The molecule has 0 aliphatic rings. The van der Waals surface area contributed by atoms with E-state index in [0.717, 1.165) is 32.0 Å². The summed E-state index contributed by atoms with van der Waals surface area (Å²) in [6.45, 7) is 4.80. The van der Waals surface area contributed by atoms with Gasteiger partial charge in [-0.25, -0.2) is 0 Å². The molecule has 0 amide bonds. The van der Waals surface area contributed by atoms with Crippen molar-refractivity contribution in [1.29, 1.82) is 0 Å². The number of hydrogen-bond acceptors (Lipinski definition) is 3. The molecule has 0 fully saturated rings. The zero-order chi connectivity index (χ0) is 13.8. The molecular formula is C15H17BrO2S. The Labute approximate surface area is 126 Å². The van der Waals surface area contributed by atoms with E-state index in [-0.39, 0.29) is 0 Å². The van der Waals surface area contributed by atoms with E-state index < -0.39 is 6.10 Å². The van der Waals surface area contributed by atoms with Crippen LogP contribution in [0.2, 0.25) is 0 Å². The summed E-state index contributed by atoms with van der Waals surface area (Å²) in [5.41, 5.74) is 2.01. The highest BCUT2D eigenvalue weighted by atomic mass is 79.9. The van der Waals surface area contributed by atoms with Crippen LogP contribution in [0, 0.1) is 6.92 Å². The minimum Gasteiger partial charge on any atom is -0.494 e. The topological polar surface area (TPSA) is 29.5 Å². The van der Waals surface area contributed by atoms with Gasteiger partial charge in [0.1, 0.15) is 11.9 Å². The zero-order valence-electron chi connectivity index (χ0n) is 11.0. The second-order valence-corrected chi connectivity index (χ2v) is 6.83. The predicted molar refractivity (Wildman–Crippen MR) is 83.0 cm³/mol. The van der Waals surface area contributed by atoms with Crippen LogP contribution in [0.4, 0.5) is 0 Å². The molecule has 0 saturated carbocycles. The van der Waals surface area contributed by atoms with Gasteiger partial charge in [0.15, 0.2) is 0 Å². The summed E-state index contributed by atoms with van der Waals surface area (Å²) in [5, 5.41) is 10.4. The van der Waals surface area contributed by atoms with E-state index in [9.17, 15) is 5.11 Å². The van der Waals surface area contributed by atoms with Crippen molar-refractivity contribution in [2.45, 2.75) is 26.4 Å². The fourth-order valence-corrected chi connectivity index (χ4v) is 3.36. The third-order valence-electron chi connectivity index (χ3n) is 2.79. The highest BCUT2D eigenvalue weighted by molar-refractivity contribution is 9.11. The van der Waals surface area contributed by atoms with Gasteiger partial charge in [-0.3, -0.25) is 0 Å². The molecule has 2 aromatic rings. The Bertz CT molecular complexity index is 531. The van der Waals surface area contributed by atoms with Crippen LogP contribution in [-0.4, -0.2) is 11.7 Å². The van der Waals surface area contributed by atoms with Crippen LogP contribution in [0.25, 0.3) is 0 Å². The molecule has 1 N–H and O–H groups in total. The number of thiophene rings is 1. The molecule has 0 aliphatic heterocycles. The number of benzene rings is 1. The van der Waals surface area contributed by atoms with Gasteiger partial charge in [0.2, 0.25) is 0 Å². The highest BCUT2D eigenvalue weighted by Crippen LogP contribution is 2.34. The number of aliphatic hydroxyl groups is 1. The SMILES string of the molecule is CCCOc1cccc(C(O)c2cc(C)c(Br)s2)c1. The van der Waals surface area contributed by atoms with Gasteiger partial charge in [-0.05, 0) is 58.6 Å². The van der Waals surface area contributed by atoms with Gasteiger partial charge < -0.3 is 9.84 Å². The van der Waals surface area contributed by atoms with Crippen molar-refractivity contribution < 1.29 is 9.84 Å². The lowest BCUT2D eigenvalue weighted by atomic mass is 10.1. The number of aryl methyl sites for hydroxylation is 1. The molecule has 0 bridgehead atoms. The minimum absolute atomic E-state index is 0.597. The summed E-state index contributed by atoms with van der Waals surface area (Å²) in [6.07, 6.45) is 0.379. The molecule has 0 aliphatic carbocycles. The first-order chi connectivity index (χ1) is 9.11. The number of halogens is 1. The second kappa shape index (κ2) is 6.55. The van der Waals surface area contributed by atoms with Gasteiger partial charge in [0, 0.05) is 4.88 Å². The first-order valence-corrected chi connectivity index (χ1v) is 7.89. The molecular weight excluding hydrogens is 324 g/mol. The van der Waals surface area contributed by atoms with Crippen LogP contribution >= 0.6 is 27.3 Å². The van der Waals surface area contributed by atoms with Crippen LogP contribution in [0.3, 0.4) is 0 Å². The number of ether oxygens (including phenoxy) is 1. The van der Waals surface area contributed by atoms with E-state index in [1.54, 1.807) is 11.3 Å². The third-order valence-corrected chi connectivity index (χ3v) is 4.98. The number of aliphatic hydroxyl groups excluding tert-OH is 1. The van der Waals surface area contributed by atoms with Crippen LogP contribution in [0.1, 0.15) is 35.5 Å². The Morgan fingerprint density at radius 2 is 2.16 bits per heavy atom. The van der Waals surface area contributed by atoms with Crippen molar-refractivity contribution in [3.8, 4) is 5.75 Å². The average molecular weight is 341 g/mol. The Kier molecular flexibility index (Phi) is 5.02. The molecule has 2 nitrogen and oxygen atoms in total. The maximum absolute atomic E-state index is 10.4. The summed E-state index contributed by atoms with van der Waals surface area (Å²) >= 11 is 5.06. The molecule has 0 spiro atoms. The first-order valence-electron chi connectivity index (χ1n) is 6.28.